The molecule has 2 bridgehead atoms. The molecule has 7 nitrogen and oxygen atoms in total. The predicted octanol–water partition coefficient (Wildman–Crippen LogP) is 1.75. The summed E-state index contributed by atoms with van der Waals surface area (Å²) >= 11 is 0. The summed E-state index contributed by atoms with van der Waals surface area (Å²) in [5.74, 6) is 0.947. The Bertz CT molecular complexity index is 942. The summed E-state index contributed by atoms with van der Waals surface area (Å²) in [5, 5.41) is 11.7. The number of fused-ring (bicyclic) bond motifs is 2. The maximum absolute atomic E-state index is 12.4. The zero-order valence-corrected chi connectivity index (χ0v) is 15.4. The van der Waals surface area contributed by atoms with Gasteiger partial charge in [-0.2, -0.15) is 0 Å². The molecule has 2 fully saturated rings. The van der Waals surface area contributed by atoms with Gasteiger partial charge < -0.3 is 15.4 Å². The van der Waals surface area contributed by atoms with E-state index >= 15 is 0 Å². The van der Waals surface area contributed by atoms with Crippen LogP contribution in [0, 0.1) is 0 Å². The fraction of sp³-hybridized carbons (Fsp3) is 0.316. The molecular weight excluding hydrogens is 366 g/mol. The average Bonchev–Trinajstić information content (AvgIpc) is 3.25. The summed E-state index contributed by atoms with van der Waals surface area (Å²) in [6.07, 6.45) is 3.31. The van der Waals surface area contributed by atoms with Crippen LogP contribution in [0.5, 0.6) is 11.5 Å². The lowest BCUT2D eigenvalue weighted by atomic mass is 9.95. The molecule has 27 heavy (non-hydrogen) atoms. The van der Waals surface area contributed by atoms with Gasteiger partial charge in [0.15, 0.2) is 0 Å². The monoisotopic (exact) mass is 387 g/mol. The van der Waals surface area contributed by atoms with Crippen molar-refractivity contribution in [3.8, 4) is 11.5 Å². The van der Waals surface area contributed by atoms with Gasteiger partial charge in [0.05, 0.1) is 4.90 Å². The van der Waals surface area contributed by atoms with Crippen molar-refractivity contribution in [2.45, 2.75) is 42.3 Å². The molecule has 2 aromatic rings. The maximum atomic E-state index is 12.4. The topological polar surface area (TPSA) is 111 Å². The third-order valence-electron chi connectivity index (χ3n) is 5.12. The molecule has 0 aromatic heterocycles. The fourth-order valence-corrected chi connectivity index (χ4v) is 4.26. The first-order valence-electron chi connectivity index (χ1n) is 8.86. The van der Waals surface area contributed by atoms with Gasteiger partial charge in [0, 0.05) is 23.7 Å². The summed E-state index contributed by atoms with van der Waals surface area (Å²) in [5.41, 5.74) is 0.578. The second kappa shape index (κ2) is 6.95. The van der Waals surface area contributed by atoms with E-state index in [1.165, 1.54) is 30.7 Å². The Balaban J connectivity index is 1.38. The molecule has 2 aliphatic rings. The van der Waals surface area contributed by atoms with Crippen LogP contribution in [0.15, 0.2) is 53.4 Å². The standard InChI is InChI=1S/C19H21N3O4S/c20-27(24,25)16-8-6-15(7-9-16)26-14-4-1-12(2-5-14)19(23)22-18-11-13-3-10-17(18)21-13/h1-2,4-9,13,17-18,21H,3,10-11H2,(H,22,23)(H2,20,24,25). The lowest BCUT2D eigenvalue weighted by Gasteiger charge is -2.21. The van der Waals surface area contributed by atoms with Crippen LogP contribution >= 0.6 is 0 Å². The van der Waals surface area contributed by atoms with E-state index in [4.69, 9.17) is 9.88 Å². The minimum Gasteiger partial charge on any atom is -0.457 e. The lowest BCUT2D eigenvalue weighted by Crippen LogP contribution is -2.42. The molecule has 2 aliphatic heterocycles. The zero-order valence-electron chi connectivity index (χ0n) is 14.6. The van der Waals surface area contributed by atoms with E-state index in [2.05, 4.69) is 10.6 Å². The highest BCUT2D eigenvalue weighted by Crippen LogP contribution is 2.28. The normalized spacial score (nSPS) is 24.0. The number of benzene rings is 2. The van der Waals surface area contributed by atoms with Crippen LogP contribution in [0.3, 0.4) is 0 Å². The summed E-state index contributed by atoms with van der Waals surface area (Å²) in [6.45, 7) is 0. The van der Waals surface area contributed by atoms with Crippen molar-refractivity contribution >= 4 is 15.9 Å². The second-order valence-electron chi connectivity index (χ2n) is 7.01. The first kappa shape index (κ1) is 18.0. The molecule has 0 spiro atoms. The second-order valence-corrected chi connectivity index (χ2v) is 8.57. The van der Waals surface area contributed by atoms with Gasteiger partial charge in [-0.05, 0) is 67.8 Å². The number of carbonyl (C=O) groups excluding carboxylic acids is 1. The molecule has 3 atom stereocenters. The smallest absolute Gasteiger partial charge is 0.251 e. The van der Waals surface area contributed by atoms with Crippen molar-refractivity contribution in [3.63, 3.8) is 0 Å². The molecule has 3 unspecified atom stereocenters. The molecule has 2 heterocycles. The van der Waals surface area contributed by atoms with E-state index in [-0.39, 0.29) is 16.8 Å². The number of carbonyl (C=O) groups is 1. The molecular formula is C19H21N3O4S. The van der Waals surface area contributed by atoms with Gasteiger partial charge in [-0.15, -0.1) is 0 Å². The van der Waals surface area contributed by atoms with Crippen LogP contribution < -0.4 is 20.5 Å². The molecule has 4 N–H and O–H groups in total. The summed E-state index contributed by atoms with van der Waals surface area (Å²) in [6, 6.07) is 13.8. The Morgan fingerprint density at radius 2 is 1.67 bits per heavy atom. The Hall–Kier alpha value is -2.42. The van der Waals surface area contributed by atoms with Crippen LogP contribution in [0.2, 0.25) is 0 Å². The minimum absolute atomic E-state index is 0.0250. The zero-order chi connectivity index (χ0) is 19.0. The Kier molecular flexibility index (Phi) is 4.63. The largest absolute Gasteiger partial charge is 0.457 e. The number of hydrogen-bond donors (Lipinski definition) is 3. The number of ether oxygens (including phenoxy) is 1. The summed E-state index contributed by atoms with van der Waals surface area (Å²) in [4.78, 5) is 12.5. The van der Waals surface area contributed by atoms with Crippen molar-refractivity contribution in [2.75, 3.05) is 0 Å². The van der Waals surface area contributed by atoms with Gasteiger partial charge >= 0.3 is 0 Å². The number of nitrogens with one attached hydrogen (secondary N) is 2. The number of rotatable bonds is 5. The number of primary sulfonamides is 1. The summed E-state index contributed by atoms with van der Waals surface area (Å²) in [7, 11) is -3.73. The molecule has 0 saturated carbocycles. The van der Waals surface area contributed by atoms with Gasteiger partial charge in [-0.3, -0.25) is 4.79 Å². The number of sulfonamides is 1. The first-order valence-corrected chi connectivity index (χ1v) is 10.4. The molecule has 2 aromatic carbocycles. The maximum Gasteiger partial charge on any atom is 0.251 e. The van der Waals surface area contributed by atoms with Crippen LogP contribution in [0.25, 0.3) is 0 Å². The van der Waals surface area contributed by atoms with Crippen LogP contribution in [0.4, 0.5) is 0 Å². The SMILES string of the molecule is NS(=O)(=O)c1ccc(Oc2ccc(C(=O)NC3CC4CCC3N4)cc2)cc1. The van der Waals surface area contributed by atoms with Crippen molar-refractivity contribution in [2.24, 2.45) is 5.14 Å². The minimum atomic E-state index is -3.73. The molecule has 0 aliphatic carbocycles. The van der Waals surface area contributed by atoms with Crippen molar-refractivity contribution in [1.29, 1.82) is 0 Å². The highest BCUT2D eigenvalue weighted by molar-refractivity contribution is 7.89. The van der Waals surface area contributed by atoms with Gasteiger partial charge in [0.1, 0.15) is 11.5 Å². The fourth-order valence-electron chi connectivity index (χ4n) is 3.74. The Morgan fingerprint density at radius 3 is 2.19 bits per heavy atom. The van der Waals surface area contributed by atoms with E-state index in [1.807, 2.05) is 0 Å². The van der Waals surface area contributed by atoms with Gasteiger partial charge in [0.25, 0.3) is 5.91 Å². The van der Waals surface area contributed by atoms with Crippen molar-refractivity contribution in [3.05, 3.63) is 54.1 Å². The number of amides is 1. The Labute approximate surface area is 158 Å². The van der Waals surface area contributed by atoms with E-state index < -0.39 is 10.0 Å². The van der Waals surface area contributed by atoms with E-state index in [9.17, 15) is 13.2 Å². The molecule has 2 saturated heterocycles. The van der Waals surface area contributed by atoms with Gasteiger partial charge in [-0.25, -0.2) is 13.6 Å². The quantitative estimate of drug-likeness (QED) is 0.724. The first-order chi connectivity index (χ1) is 12.9. The lowest BCUT2D eigenvalue weighted by molar-refractivity contribution is 0.0931. The molecule has 142 valence electrons. The van der Waals surface area contributed by atoms with Crippen LogP contribution in [0.1, 0.15) is 29.6 Å². The van der Waals surface area contributed by atoms with Crippen LogP contribution in [-0.4, -0.2) is 32.5 Å². The van der Waals surface area contributed by atoms with E-state index in [0.717, 1.165) is 12.8 Å². The van der Waals surface area contributed by atoms with Crippen molar-refractivity contribution < 1.29 is 17.9 Å². The number of nitrogens with two attached hydrogens (primary N) is 1. The Morgan fingerprint density at radius 1 is 1.04 bits per heavy atom. The van der Waals surface area contributed by atoms with Gasteiger partial charge in [0.2, 0.25) is 10.0 Å². The highest BCUT2D eigenvalue weighted by atomic mass is 32.2. The molecule has 0 radical (unpaired) electrons. The van der Waals surface area contributed by atoms with Crippen LogP contribution in [-0.2, 0) is 10.0 Å². The van der Waals surface area contributed by atoms with Crippen molar-refractivity contribution in [1.82, 2.24) is 10.6 Å². The third-order valence-corrected chi connectivity index (χ3v) is 6.05. The molecule has 1 amide bonds. The number of hydrogen-bond acceptors (Lipinski definition) is 5. The summed E-state index contributed by atoms with van der Waals surface area (Å²) < 4.78 is 28.2. The molecule has 4 rings (SSSR count). The third kappa shape index (κ3) is 3.97. The average molecular weight is 387 g/mol. The highest BCUT2D eigenvalue weighted by Gasteiger charge is 2.39. The van der Waals surface area contributed by atoms with E-state index in [1.54, 1.807) is 24.3 Å². The van der Waals surface area contributed by atoms with E-state index in [0.29, 0.717) is 29.1 Å². The molecule has 8 heteroatoms. The predicted molar refractivity (Wildman–Crippen MR) is 100 cm³/mol. The van der Waals surface area contributed by atoms with Gasteiger partial charge in [-0.1, -0.05) is 0 Å².